The van der Waals surface area contributed by atoms with Crippen molar-refractivity contribution < 1.29 is 8.78 Å². The Morgan fingerprint density at radius 1 is 1.15 bits per heavy atom. The molecule has 0 saturated carbocycles. The van der Waals surface area contributed by atoms with Gasteiger partial charge in [-0.2, -0.15) is 0 Å². The molecule has 0 bridgehead atoms. The molecule has 0 amide bonds. The average molecular weight is 291 g/mol. The van der Waals surface area contributed by atoms with Gasteiger partial charge >= 0.3 is 0 Å². The van der Waals surface area contributed by atoms with Crippen molar-refractivity contribution in [2.45, 2.75) is 6.92 Å². The van der Waals surface area contributed by atoms with Crippen LogP contribution in [0.5, 0.6) is 0 Å². The fourth-order valence-corrected chi connectivity index (χ4v) is 2.69. The second-order valence-electron chi connectivity index (χ2n) is 4.19. The smallest absolute Gasteiger partial charge is 0.163 e. The van der Waals surface area contributed by atoms with Crippen LogP contribution in [0.3, 0.4) is 0 Å². The number of halogens is 2. The summed E-state index contributed by atoms with van der Waals surface area (Å²) >= 11 is 1.48. The van der Waals surface area contributed by atoms with Crippen LogP contribution in [0.15, 0.2) is 29.6 Å². The highest BCUT2D eigenvalue weighted by Crippen LogP contribution is 2.28. The molecule has 3 rings (SSSR count). The summed E-state index contributed by atoms with van der Waals surface area (Å²) in [5.41, 5.74) is 0.457. The first kappa shape index (κ1) is 12.9. The first-order valence-electron chi connectivity index (χ1n) is 6.13. The molecule has 0 aliphatic rings. The molecule has 3 nitrogen and oxygen atoms in total. The standard InChI is InChI=1S/C14H11F2N3S/c1-2-17-13-9-5-6-20-14(9)19-12(18-13)8-3-4-10(15)11(16)7-8/h3-7H,2H2,1H3,(H,17,18,19). The first-order valence-corrected chi connectivity index (χ1v) is 7.01. The van der Waals surface area contributed by atoms with E-state index in [2.05, 4.69) is 15.3 Å². The number of hydrogen-bond donors (Lipinski definition) is 1. The first-order chi connectivity index (χ1) is 9.69. The van der Waals surface area contributed by atoms with Gasteiger partial charge in [-0.1, -0.05) is 0 Å². The van der Waals surface area contributed by atoms with E-state index in [4.69, 9.17) is 0 Å². The van der Waals surface area contributed by atoms with Crippen LogP contribution < -0.4 is 5.32 Å². The Hall–Kier alpha value is -2.08. The second kappa shape index (κ2) is 5.13. The van der Waals surface area contributed by atoms with Crippen molar-refractivity contribution in [1.82, 2.24) is 9.97 Å². The Morgan fingerprint density at radius 3 is 2.75 bits per heavy atom. The molecule has 1 N–H and O–H groups in total. The highest BCUT2D eigenvalue weighted by Gasteiger charge is 2.11. The summed E-state index contributed by atoms with van der Waals surface area (Å²) in [5, 5.41) is 6.02. The number of benzene rings is 1. The molecule has 6 heteroatoms. The summed E-state index contributed by atoms with van der Waals surface area (Å²) < 4.78 is 26.3. The third-order valence-corrected chi connectivity index (χ3v) is 3.65. The van der Waals surface area contributed by atoms with Crippen LogP contribution in [0.4, 0.5) is 14.6 Å². The molecule has 0 atom stereocenters. The Kier molecular flexibility index (Phi) is 3.31. The van der Waals surface area contributed by atoms with E-state index in [-0.39, 0.29) is 0 Å². The maximum atomic E-state index is 13.3. The van der Waals surface area contributed by atoms with Crippen LogP contribution >= 0.6 is 11.3 Å². The van der Waals surface area contributed by atoms with Gasteiger partial charge in [0.05, 0.1) is 5.39 Å². The van der Waals surface area contributed by atoms with Crippen LogP contribution in [0.2, 0.25) is 0 Å². The maximum Gasteiger partial charge on any atom is 0.163 e. The van der Waals surface area contributed by atoms with E-state index in [9.17, 15) is 8.78 Å². The summed E-state index contributed by atoms with van der Waals surface area (Å²) in [7, 11) is 0. The third kappa shape index (κ3) is 2.22. The van der Waals surface area contributed by atoms with Gasteiger partial charge in [0.15, 0.2) is 17.5 Å². The predicted molar refractivity (Wildman–Crippen MR) is 76.9 cm³/mol. The highest BCUT2D eigenvalue weighted by molar-refractivity contribution is 7.16. The summed E-state index contributed by atoms with van der Waals surface area (Å²) in [6.45, 7) is 2.69. The number of fused-ring (bicyclic) bond motifs is 1. The number of nitrogens with one attached hydrogen (secondary N) is 1. The van der Waals surface area contributed by atoms with E-state index in [1.807, 2.05) is 18.4 Å². The molecule has 0 unspecified atom stereocenters. The third-order valence-electron chi connectivity index (χ3n) is 2.85. The molecule has 0 radical (unpaired) electrons. The zero-order valence-electron chi connectivity index (χ0n) is 10.7. The lowest BCUT2D eigenvalue weighted by Gasteiger charge is -2.07. The molecule has 0 aliphatic heterocycles. The SMILES string of the molecule is CCNc1nc(-c2ccc(F)c(F)c2)nc2sccc12. The molecule has 2 aromatic heterocycles. The van der Waals surface area contributed by atoms with Crippen molar-refractivity contribution >= 4 is 27.4 Å². The number of thiophene rings is 1. The van der Waals surface area contributed by atoms with Crippen molar-refractivity contribution in [2.75, 3.05) is 11.9 Å². The zero-order valence-corrected chi connectivity index (χ0v) is 11.5. The molecule has 102 valence electrons. The monoisotopic (exact) mass is 291 g/mol. The Labute approximate surface area is 118 Å². The number of anilines is 1. The largest absolute Gasteiger partial charge is 0.370 e. The van der Waals surface area contributed by atoms with Crippen molar-refractivity contribution in [3.05, 3.63) is 41.3 Å². The zero-order chi connectivity index (χ0) is 14.1. The van der Waals surface area contributed by atoms with Crippen LogP contribution in [0.1, 0.15) is 6.92 Å². The molecule has 20 heavy (non-hydrogen) atoms. The van der Waals surface area contributed by atoms with Crippen molar-refractivity contribution in [2.24, 2.45) is 0 Å². The topological polar surface area (TPSA) is 37.8 Å². The Balaban J connectivity index is 2.17. The fourth-order valence-electron chi connectivity index (χ4n) is 1.92. The van der Waals surface area contributed by atoms with Gasteiger partial charge in [0.25, 0.3) is 0 Å². The van der Waals surface area contributed by atoms with Crippen molar-refractivity contribution in [1.29, 1.82) is 0 Å². The molecule has 1 aromatic carbocycles. The van der Waals surface area contributed by atoms with Gasteiger partial charge in [-0.15, -0.1) is 11.3 Å². The van der Waals surface area contributed by atoms with Crippen LogP contribution in [0.25, 0.3) is 21.6 Å². The summed E-state index contributed by atoms with van der Waals surface area (Å²) in [6.07, 6.45) is 0. The lowest BCUT2D eigenvalue weighted by atomic mass is 10.2. The molecule has 0 aliphatic carbocycles. The minimum atomic E-state index is -0.901. The van der Waals surface area contributed by atoms with E-state index < -0.39 is 11.6 Å². The quantitative estimate of drug-likeness (QED) is 0.790. The average Bonchev–Trinajstić information content (AvgIpc) is 2.90. The summed E-state index contributed by atoms with van der Waals surface area (Å²) in [6, 6.07) is 5.61. The van der Waals surface area contributed by atoms with Gasteiger partial charge in [-0.3, -0.25) is 0 Å². The van der Waals surface area contributed by atoms with Gasteiger partial charge in [-0.05, 0) is 36.6 Å². The van der Waals surface area contributed by atoms with Gasteiger partial charge in [-0.25, -0.2) is 18.7 Å². The van der Waals surface area contributed by atoms with Gasteiger partial charge in [0.1, 0.15) is 10.6 Å². The lowest BCUT2D eigenvalue weighted by Crippen LogP contribution is -2.02. The maximum absolute atomic E-state index is 13.3. The molecule has 0 saturated heterocycles. The minimum absolute atomic E-state index is 0.384. The highest BCUT2D eigenvalue weighted by atomic mass is 32.1. The molecule has 0 spiro atoms. The molecule has 0 fully saturated rings. The lowest BCUT2D eigenvalue weighted by molar-refractivity contribution is 0.509. The number of hydrogen-bond acceptors (Lipinski definition) is 4. The van der Waals surface area contributed by atoms with Gasteiger partial charge in [0.2, 0.25) is 0 Å². The summed E-state index contributed by atoms with van der Waals surface area (Å²) in [5.74, 6) is -0.687. The van der Waals surface area contributed by atoms with E-state index >= 15 is 0 Å². The van der Waals surface area contributed by atoms with Crippen molar-refractivity contribution in [3.63, 3.8) is 0 Å². The van der Waals surface area contributed by atoms with Crippen molar-refractivity contribution in [3.8, 4) is 11.4 Å². The molecule has 2 heterocycles. The van der Waals surface area contributed by atoms with E-state index in [0.29, 0.717) is 17.2 Å². The van der Waals surface area contributed by atoms with E-state index in [1.165, 1.54) is 17.4 Å². The van der Waals surface area contributed by atoms with Crippen LogP contribution in [-0.4, -0.2) is 16.5 Å². The fraction of sp³-hybridized carbons (Fsp3) is 0.143. The van der Waals surface area contributed by atoms with E-state index in [0.717, 1.165) is 28.9 Å². The van der Waals surface area contributed by atoms with Gasteiger partial charge in [0, 0.05) is 12.1 Å². The summed E-state index contributed by atoms with van der Waals surface area (Å²) in [4.78, 5) is 9.61. The molecular weight excluding hydrogens is 280 g/mol. The Morgan fingerprint density at radius 2 is 2.00 bits per heavy atom. The van der Waals surface area contributed by atoms with Crippen LogP contribution in [0, 0.1) is 11.6 Å². The van der Waals surface area contributed by atoms with Crippen LogP contribution in [-0.2, 0) is 0 Å². The molecular formula is C14H11F2N3S. The van der Waals surface area contributed by atoms with E-state index in [1.54, 1.807) is 0 Å². The Bertz CT molecular complexity index is 770. The predicted octanol–water partition coefficient (Wildman–Crippen LogP) is 4.07. The number of nitrogens with zero attached hydrogens (tertiary/aromatic N) is 2. The second-order valence-corrected chi connectivity index (χ2v) is 5.09. The van der Waals surface area contributed by atoms with Gasteiger partial charge < -0.3 is 5.32 Å². The number of aromatic nitrogens is 2. The normalized spacial score (nSPS) is 10.9. The number of rotatable bonds is 3. The molecule has 3 aromatic rings. The minimum Gasteiger partial charge on any atom is -0.370 e.